The van der Waals surface area contributed by atoms with Crippen LogP contribution < -0.4 is 4.74 Å². The Kier molecular flexibility index (Phi) is 5.22. The van der Waals surface area contributed by atoms with Crippen LogP contribution in [0.3, 0.4) is 0 Å². The average molecular weight is 350 g/mol. The summed E-state index contributed by atoms with van der Waals surface area (Å²) in [4.78, 5) is 4.52. The van der Waals surface area contributed by atoms with Crippen molar-refractivity contribution in [3.63, 3.8) is 0 Å². The molecule has 3 rings (SSSR count). The second-order valence-electron chi connectivity index (χ2n) is 5.19. The Labute approximate surface area is 149 Å². The highest BCUT2D eigenvalue weighted by Gasteiger charge is 2.10. The molecular formula is C20H15FN2OS. The van der Waals surface area contributed by atoms with Crippen LogP contribution in [0.5, 0.6) is 5.75 Å². The van der Waals surface area contributed by atoms with E-state index in [0.717, 1.165) is 22.6 Å². The largest absolute Gasteiger partial charge is 0.493 e. The monoisotopic (exact) mass is 350 g/mol. The highest BCUT2D eigenvalue weighted by molar-refractivity contribution is 7.11. The van der Waals surface area contributed by atoms with Crippen molar-refractivity contribution in [3.8, 4) is 23.1 Å². The van der Waals surface area contributed by atoms with Gasteiger partial charge in [-0.15, -0.1) is 11.3 Å². The Morgan fingerprint density at radius 1 is 1.24 bits per heavy atom. The molecule has 124 valence electrons. The minimum atomic E-state index is -0.288. The van der Waals surface area contributed by atoms with Gasteiger partial charge in [-0.2, -0.15) is 5.26 Å². The molecule has 0 aliphatic heterocycles. The highest BCUT2D eigenvalue weighted by atomic mass is 32.1. The topological polar surface area (TPSA) is 45.9 Å². The summed E-state index contributed by atoms with van der Waals surface area (Å²) in [6, 6.07) is 15.9. The molecule has 3 aromatic rings. The van der Waals surface area contributed by atoms with Gasteiger partial charge in [0, 0.05) is 16.5 Å². The maximum Gasteiger partial charge on any atom is 0.134 e. The maximum atomic E-state index is 13.1. The minimum Gasteiger partial charge on any atom is -0.493 e. The van der Waals surface area contributed by atoms with Gasteiger partial charge in [-0.3, -0.25) is 0 Å². The standard InChI is InChI=1S/C20H15FN2OS/c1-2-24-19-6-4-3-5-15(19)11-16(12-22)20-23-18(13-25-20)14-7-9-17(21)10-8-14/h3-11,13H,2H2,1H3. The molecule has 0 fully saturated rings. The smallest absolute Gasteiger partial charge is 0.134 e. The quantitative estimate of drug-likeness (QED) is 0.578. The van der Waals surface area contributed by atoms with Gasteiger partial charge in [-0.05, 0) is 43.3 Å². The molecule has 0 spiro atoms. The first kappa shape index (κ1) is 16.9. The normalized spacial score (nSPS) is 11.2. The summed E-state index contributed by atoms with van der Waals surface area (Å²) in [6.45, 7) is 2.47. The molecule has 3 nitrogen and oxygen atoms in total. The first-order valence-corrected chi connectivity index (χ1v) is 8.64. The Bertz CT molecular complexity index is 939. The fourth-order valence-electron chi connectivity index (χ4n) is 2.33. The molecule has 0 radical (unpaired) electrons. The van der Waals surface area contributed by atoms with Crippen molar-refractivity contribution in [2.24, 2.45) is 0 Å². The number of halogens is 1. The number of aromatic nitrogens is 1. The van der Waals surface area contributed by atoms with E-state index < -0.39 is 0 Å². The summed E-state index contributed by atoms with van der Waals surface area (Å²) in [5.74, 6) is 0.442. The summed E-state index contributed by atoms with van der Waals surface area (Å²) in [5.41, 5.74) is 2.83. The van der Waals surface area contributed by atoms with Crippen LogP contribution in [0.15, 0.2) is 53.9 Å². The number of hydrogen-bond acceptors (Lipinski definition) is 4. The Hall–Kier alpha value is -2.97. The third kappa shape index (κ3) is 3.93. The zero-order valence-corrected chi connectivity index (χ0v) is 14.4. The summed E-state index contributed by atoms with van der Waals surface area (Å²) in [6.07, 6.45) is 1.78. The van der Waals surface area contributed by atoms with E-state index in [4.69, 9.17) is 4.74 Å². The summed E-state index contributed by atoms with van der Waals surface area (Å²) in [7, 11) is 0. The lowest BCUT2D eigenvalue weighted by Gasteiger charge is -2.06. The van der Waals surface area contributed by atoms with Gasteiger partial charge in [0.1, 0.15) is 22.6 Å². The molecule has 1 aromatic heterocycles. The number of ether oxygens (including phenoxy) is 1. The third-order valence-corrected chi connectivity index (χ3v) is 4.39. The van der Waals surface area contributed by atoms with Crippen LogP contribution in [0.25, 0.3) is 22.9 Å². The van der Waals surface area contributed by atoms with Crippen molar-refractivity contribution < 1.29 is 9.13 Å². The zero-order valence-electron chi connectivity index (χ0n) is 13.6. The first-order valence-electron chi connectivity index (χ1n) is 7.76. The summed E-state index contributed by atoms with van der Waals surface area (Å²) in [5, 5.41) is 12.0. The van der Waals surface area contributed by atoms with E-state index in [2.05, 4.69) is 11.1 Å². The van der Waals surface area contributed by atoms with Gasteiger partial charge in [0.15, 0.2) is 0 Å². The molecule has 0 bridgehead atoms. The second kappa shape index (κ2) is 7.73. The van der Waals surface area contributed by atoms with Crippen LogP contribution in [-0.4, -0.2) is 11.6 Å². The molecule has 0 N–H and O–H groups in total. The molecule has 0 aliphatic carbocycles. The van der Waals surface area contributed by atoms with Crippen LogP contribution in [-0.2, 0) is 0 Å². The van der Waals surface area contributed by atoms with Crippen LogP contribution in [0.1, 0.15) is 17.5 Å². The lowest BCUT2D eigenvalue weighted by atomic mass is 10.1. The molecule has 0 aliphatic rings. The zero-order chi connectivity index (χ0) is 17.6. The van der Waals surface area contributed by atoms with Crippen molar-refractivity contribution in [3.05, 3.63) is 70.3 Å². The van der Waals surface area contributed by atoms with E-state index in [1.807, 2.05) is 36.6 Å². The number of hydrogen-bond donors (Lipinski definition) is 0. The van der Waals surface area contributed by atoms with Crippen molar-refractivity contribution in [1.82, 2.24) is 4.98 Å². The van der Waals surface area contributed by atoms with Gasteiger partial charge in [0.2, 0.25) is 0 Å². The SMILES string of the molecule is CCOc1ccccc1C=C(C#N)c1nc(-c2ccc(F)cc2)cs1. The first-order chi connectivity index (χ1) is 12.2. The second-order valence-corrected chi connectivity index (χ2v) is 6.04. The number of para-hydroxylation sites is 1. The van der Waals surface area contributed by atoms with Crippen LogP contribution in [0.2, 0.25) is 0 Å². The van der Waals surface area contributed by atoms with Crippen LogP contribution in [0, 0.1) is 17.1 Å². The molecule has 0 atom stereocenters. The lowest BCUT2D eigenvalue weighted by molar-refractivity contribution is 0.339. The number of benzene rings is 2. The molecule has 0 amide bonds. The molecule has 0 unspecified atom stereocenters. The van der Waals surface area contributed by atoms with Gasteiger partial charge >= 0.3 is 0 Å². The highest BCUT2D eigenvalue weighted by Crippen LogP contribution is 2.29. The molecule has 0 saturated heterocycles. The maximum absolute atomic E-state index is 13.1. The van der Waals surface area contributed by atoms with Crippen molar-refractivity contribution in [2.75, 3.05) is 6.61 Å². The van der Waals surface area contributed by atoms with E-state index in [9.17, 15) is 9.65 Å². The van der Waals surface area contributed by atoms with Gasteiger partial charge in [0.05, 0.1) is 17.9 Å². The van der Waals surface area contributed by atoms with E-state index >= 15 is 0 Å². The van der Waals surface area contributed by atoms with Crippen LogP contribution in [0.4, 0.5) is 4.39 Å². The Morgan fingerprint density at radius 2 is 2.00 bits per heavy atom. The van der Waals surface area contributed by atoms with E-state index in [1.165, 1.54) is 23.5 Å². The van der Waals surface area contributed by atoms with E-state index in [0.29, 0.717) is 17.2 Å². The van der Waals surface area contributed by atoms with Gasteiger partial charge in [-0.1, -0.05) is 18.2 Å². The fraction of sp³-hybridized carbons (Fsp3) is 0.100. The van der Waals surface area contributed by atoms with Crippen molar-refractivity contribution >= 4 is 23.0 Å². The van der Waals surface area contributed by atoms with Crippen molar-refractivity contribution in [1.29, 1.82) is 5.26 Å². The predicted molar refractivity (Wildman–Crippen MR) is 98.6 cm³/mol. The fourth-order valence-corrected chi connectivity index (χ4v) is 3.13. The molecular weight excluding hydrogens is 335 g/mol. The summed E-state index contributed by atoms with van der Waals surface area (Å²) < 4.78 is 18.6. The Balaban J connectivity index is 1.95. The minimum absolute atomic E-state index is 0.288. The molecule has 1 heterocycles. The number of rotatable bonds is 5. The molecule has 0 saturated carbocycles. The molecule has 2 aromatic carbocycles. The molecule has 25 heavy (non-hydrogen) atoms. The predicted octanol–water partition coefficient (Wildman–Crippen LogP) is 5.41. The summed E-state index contributed by atoms with van der Waals surface area (Å²) >= 11 is 1.38. The molecule has 5 heteroatoms. The van der Waals surface area contributed by atoms with Gasteiger partial charge in [-0.25, -0.2) is 9.37 Å². The van der Waals surface area contributed by atoms with E-state index in [-0.39, 0.29) is 5.82 Å². The van der Waals surface area contributed by atoms with Crippen LogP contribution >= 0.6 is 11.3 Å². The number of nitriles is 1. The number of thiazole rings is 1. The van der Waals surface area contributed by atoms with Gasteiger partial charge < -0.3 is 4.74 Å². The van der Waals surface area contributed by atoms with Gasteiger partial charge in [0.25, 0.3) is 0 Å². The lowest BCUT2D eigenvalue weighted by Crippen LogP contribution is -1.93. The van der Waals surface area contributed by atoms with E-state index in [1.54, 1.807) is 18.2 Å². The average Bonchev–Trinajstić information content (AvgIpc) is 3.11. The third-order valence-electron chi connectivity index (χ3n) is 3.51. The number of allylic oxidation sites excluding steroid dienone is 1. The van der Waals surface area contributed by atoms with Crippen molar-refractivity contribution in [2.45, 2.75) is 6.92 Å². The Morgan fingerprint density at radius 3 is 2.72 bits per heavy atom. The number of nitrogens with zero attached hydrogens (tertiary/aromatic N) is 2.